The van der Waals surface area contributed by atoms with Crippen LogP contribution in [-0.4, -0.2) is 15.4 Å². The lowest BCUT2D eigenvalue weighted by atomic mass is 10.1. The normalized spacial score (nSPS) is 10.5. The third-order valence-corrected chi connectivity index (χ3v) is 4.16. The minimum Gasteiger partial charge on any atom is -0.322 e. The molecular formula is C20H16FN3O4. The zero-order valence-corrected chi connectivity index (χ0v) is 14.9. The number of anilines is 1. The summed E-state index contributed by atoms with van der Waals surface area (Å²) < 4.78 is 14.7. The van der Waals surface area contributed by atoms with Crippen molar-refractivity contribution in [2.45, 2.75) is 13.5 Å². The predicted octanol–water partition coefficient (Wildman–Crippen LogP) is 3.50. The molecule has 3 rings (SSSR count). The highest BCUT2D eigenvalue weighted by atomic mass is 19.1. The predicted molar refractivity (Wildman–Crippen MR) is 102 cm³/mol. The van der Waals surface area contributed by atoms with E-state index in [1.165, 1.54) is 53.2 Å². The summed E-state index contributed by atoms with van der Waals surface area (Å²) in [5.74, 6) is -0.877. The molecule has 0 saturated heterocycles. The van der Waals surface area contributed by atoms with Crippen LogP contribution in [0.5, 0.6) is 0 Å². The SMILES string of the molecule is Cc1cc([N+](=O)[O-])ccc1NC(=O)c1ccc(=O)n(Cc2cccc(F)c2)c1. The third-order valence-electron chi connectivity index (χ3n) is 4.16. The summed E-state index contributed by atoms with van der Waals surface area (Å²) in [7, 11) is 0. The van der Waals surface area contributed by atoms with Crippen LogP contribution >= 0.6 is 0 Å². The van der Waals surface area contributed by atoms with Gasteiger partial charge < -0.3 is 9.88 Å². The molecule has 1 N–H and O–H groups in total. The van der Waals surface area contributed by atoms with E-state index in [0.29, 0.717) is 16.8 Å². The molecule has 7 nitrogen and oxygen atoms in total. The molecule has 0 unspecified atom stereocenters. The van der Waals surface area contributed by atoms with Crippen molar-refractivity contribution in [3.05, 3.63) is 104 Å². The van der Waals surface area contributed by atoms with Crippen LogP contribution in [0.25, 0.3) is 0 Å². The molecule has 8 heteroatoms. The molecule has 3 aromatic rings. The molecule has 0 atom stereocenters. The van der Waals surface area contributed by atoms with Gasteiger partial charge in [-0.1, -0.05) is 12.1 Å². The van der Waals surface area contributed by atoms with Gasteiger partial charge in [-0.3, -0.25) is 19.7 Å². The van der Waals surface area contributed by atoms with Crippen LogP contribution in [0.2, 0.25) is 0 Å². The molecule has 28 heavy (non-hydrogen) atoms. The van der Waals surface area contributed by atoms with Gasteiger partial charge in [-0.05, 0) is 42.3 Å². The summed E-state index contributed by atoms with van der Waals surface area (Å²) in [5.41, 5.74) is 1.39. The number of halogens is 1. The van der Waals surface area contributed by atoms with Gasteiger partial charge in [0.2, 0.25) is 0 Å². The van der Waals surface area contributed by atoms with Crippen LogP contribution in [0, 0.1) is 22.9 Å². The van der Waals surface area contributed by atoms with Crippen molar-refractivity contribution in [1.29, 1.82) is 0 Å². The van der Waals surface area contributed by atoms with E-state index in [0.717, 1.165) is 0 Å². The van der Waals surface area contributed by atoms with Crippen molar-refractivity contribution in [2.24, 2.45) is 0 Å². The number of nitrogens with one attached hydrogen (secondary N) is 1. The molecule has 0 spiro atoms. The molecule has 2 aromatic carbocycles. The first kappa shape index (κ1) is 19.0. The molecular weight excluding hydrogens is 365 g/mol. The Morgan fingerprint density at radius 1 is 1.18 bits per heavy atom. The highest BCUT2D eigenvalue weighted by molar-refractivity contribution is 6.04. The van der Waals surface area contributed by atoms with Gasteiger partial charge in [-0.2, -0.15) is 0 Å². The Morgan fingerprint density at radius 3 is 2.64 bits per heavy atom. The number of aromatic nitrogens is 1. The number of nitrogens with zero attached hydrogens (tertiary/aromatic N) is 2. The number of amides is 1. The maximum absolute atomic E-state index is 13.3. The van der Waals surface area contributed by atoms with E-state index in [1.54, 1.807) is 19.1 Å². The summed E-state index contributed by atoms with van der Waals surface area (Å²) in [6.07, 6.45) is 1.39. The van der Waals surface area contributed by atoms with Crippen LogP contribution in [-0.2, 0) is 6.54 Å². The van der Waals surface area contributed by atoms with Crippen molar-refractivity contribution >= 4 is 17.3 Å². The largest absolute Gasteiger partial charge is 0.322 e. The average molecular weight is 381 g/mol. The molecule has 1 amide bonds. The average Bonchev–Trinajstić information content (AvgIpc) is 2.65. The second kappa shape index (κ2) is 7.83. The number of carbonyl (C=O) groups excluding carboxylic acids is 1. The van der Waals surface area contributed by atoms with Gasteiger partial charge in [0.1, 0.15) is 5.82 Å². The molecule has 0 bridgehead atoms. The lowest BCUT2D eigenvalue weighted by Gasteiger charge is -2.11. The Bertz CT molecular complexity index is 1120. The van der Waals surface area contributed by atoms with Gasteiger partial charge in [0.25, 0.3) is 17.2 Å². The van der Waals surface area contributed by atoms with Crippen LogP contribution in [0.15, 0.2) is 65.6 Å². The Balaban J connectivity index is 1.83. The fourth-order valence-corrected chi connectivity index (χ4v) is 2.72. The number of hydrogen-bond acceptors (Lipinski definition) is 4. The first-order chi connectivity index (χ1) is 13.3. The molecule has 1 aromatic heterocycles. The summed E-state index contributed by atoms with van der Waals surface area (Å²) >= 11 is 0. The highest BCUT2D eigenvalue weighted by Gasteiger charge is 2.13. The number of aryl methyl sites for hydroxylation is 1. The lowest BCUT2D eigenvalue weighted by Crippen LogP contribution is -2.22. The molecule has 0 saturated carbocycles. The zero-order valence-electron chi connectivity index (χ0n) is 14.9. The van der Waals surface area contributed by atoms with Gasteiger partial charge in [0.15, 0.2) is 0 Å². The summed E-state index contributed by atoms with van der Waals surface area (Å²) in [6, 6.07) is 12.6. The van der Waals surface area contributed by atoms with Crippen LogP contribution in [0.3, 0.4) is 0 Å². The van der Waals surface area contributed by atoms with E-state index in [2.05, 4.69) is 5.32 Å². The topological polar surface area (TPSA) is 94.2 Å². The Morgan fingerprint density at radius 2 is 1.96 bits per heavy atom. The summed E-state index contributed by atoms with van der Waals surface area (Å²) in [6.45, 7) is 1.77. The van der Waals surface area contributed by atoms with Gasteiger partial charge in [-0.15, -0.1) is 0 Å². The standard InChI is InChI=1S/C20H16FN3O4/c1-13-9-17(24(27)28)6-7-18(13)22-20(26)15-5-8-19(25)23(12-15)11-14-3-2-4-16(21)10-14/h2-10,12H,11H2,1H3,(H,22,26). The fourth-order valence-electron chi connectivity index (χ4n) is 2.72. The second-order valence-electron chi connectivity index (χ2n) is 6.22. The van der Waals surface area contributed by atoms with E-state index >= 15 is 0 Å². The number of non-ortho nitro benzene ring substituents is 1. The van der Waals surface area contributed by atoms with Crippen molar-refractivity contribution in [3.63, 3.8) is 0 Å². The molecule has 1 heterocycles. The molecule has 0 aliphatic rings. The van der Waals surface area contributed by atoms with Crippen molar-refractivity contribution < 1.29 is 14.1 Å². The monoisotopic (exact) mass is 381 g/mol. The van der Waals surface area contributed by atoms with Crippen LogP contribution < -0.4 is 10.9 Å². The quantitative estimate of drug-likeness (QED) is 0.541. The molecule has 0 radical (unpaired) electrons. The number of benzene rings is 2. The van der Waals surface area contributed by atoms with E-state index in [-0.39, 0.29) is 23.4 Å². The van der Waals surface area contributed by atoms with Crippen LogP contribution in [0.1, 0.15) is 21.5 Å². The van der Waals surface area contributed by atoms with Crippen molar-refractivity contribution in [3.8, 4) is 0 Å². The Hall–Kier alpha value is -3.81. The van der Waals surface area contributed by atoms with Gasteiger partial charge in [0, 0.05) is 30.1 Å². The number of hydrogen-bond donors (Lipinski definition) is 1. The number of carbonyl (C=O) groups is 1. The lowest BCUT2D eigenvalue weighted by molar-refractivity contribution is -0.384. The second-order valence-corrected chi connectivity index (χ2v) is 6.22. The fraction of sp³-hybridized carbons (Fsp3) is 0.100. The van der Waals surface area contributed by atoms with Gasteiger partial charge in [0.05, 0.1) is 17.0 Å². The third kappa shape index (κ3) is 4.29. The van der Waals surface area contributed by atoms with Crippen LogP contribution in [0.4, 0.5) is 15.8 Å². The highest BCUT2D eigenvalue weighted by Crippen LogP contribution is 2.21. The van der Waals surface area contributed by atoms with Crippen molar-refractivity contribution in [2.75, 3.05) is 5.32 Å². The number of rotatable bonds is 5. The molecule has 0 fully saturated rings. The maximum Gasteiger partial charge on any atom is 0.269 e. The molecule has 0 aliphatic heterocycles. The Labute approximate surface area is 159 Å². The van der Waals surface area contributed by atoms with E-state index in [9.17, 15) is 24.1 Å². The van der Waals surface area contributed by atoms with Crippen molar-refractivity contribution in [1.82, 2.24) is 4.57 Å². The molecule has 0 aliphatic carbocycles. The summed E-state index contributed by atoms with van der Waals surface area (Å²) in [5, 5.41) is 13.5. The summed E-state index contributed by atoms with van der Waals surface area (Å²) in [4.78, 5) is 34.9. The van der Waals surface area contributed by atoms with E-state index in [4.69, 9.17) is 0 Å². The number of pyridine rings is 1. The van der Waals surface area contributed by atoms with Gasteiger partial charge >= 0.3 is 0 Å². The zero-order chi connectivity index (χ0) is 20.3. The smallest absolute Gasteiger partial charge is 0.269 e. The maximum atomic E-state index is 13.3. The number of nitro benzene ring substituents is 1. The first-order valence-electron chi connectivity index (χ1n) is 8.35. The number of nitro groups is 1. The first-order valence-corrected chi connectivity index (χ1v) is 8.35. The van der Waals surface area contributed by atoms with Gasteiger partial charge in [-0.25, -0.2) is 4.39 Å². The van der Waals surface area contributed by atoms with E-state index < -0.39 is 16.6 Å². The Kier molecular flexibility index (Phi) is 5.30. The van der Waals surface area contributed by atoms with E-state index in [1.807, 2.05) is 0 Å². The minimum absolute atomic E-state index is 0.0702. The minimum atomic E-state index is -0.513. The molecule has 142 valence electrons.